The van der Waals surface area contributed by atoms with E-state index in [0.29, 0.717) is 12.6 Å². The maximum absolute atomic E-state index is 4.76. The Hall–Kier alpha value is -1.89. The summed E-state index contributed by atoms with van der Waals surface area (Å²) in [6, 6.07) is 5.00. The van der Waals surface area contributed by atoms with Crippen LogP contribution in [0, 0.1) is 6.92 Å². The SMILES string of the molecule is Cc1nnc(CN=C(NC2CCCC2)NC(C)c2cccs2)n1C. The van der Waals surface area contributed by atoms with Crippen molar-refractivity contribution in [2.24, 2.45) is 12.0 Å². The van der Waals surface area contributed by atoms with Crippen LogP contribution in [0.1, 0.15) is 55.2 Å². The fourth-order valence-electron chi connectivity index (χ4n) is 2.95. The number of aromatic nitrogens is 3. The van der Waals surface area contributed by atoms with Crippen LogP contribution in [0.25, 0.3) is 0 Å². The third-order valence-electron chi connectivity index (χ3n) is 4.58. The number of rotatable bonds is 5. The van der Waals surface area contributed by atoms with Crippen LogP contribution in [0.4, 0.5) is 0 Å². The molecule has 2 aromatic heterocycles. The molecule has 1 aliphatic rings. The van der Waals surface area contributed by atoms with Crippen molar-refractivity contribution >= 4 is 17.3 Å². The van der Waals surface area contributed by atoms with Crippen molar-refractivity contribution < 1.29 is 0 Å². The van der Waals surface area contributed by atoms with E-state index >= 15 is 0 Å². The minimum atomic E-state index is 0.235. The molecule has 2 aromatic rings. The van der Waals surface area contributed by atoms with Crippen LogP contribution in [-0.2, 0) is 13.6 Å². The highest BCUT2D eigenvalue weighted by Gasteiger charge is 2.18. The zero-order valence-electron chi connectivity index (χ0n) is 14.6. The highest BCUT2D eigenvalue weighted by atomic mass is 32.1. The molecule has 0 aromatic carbocycles. The van der Waals surface area contributed by atoms with Crippen molar-refractivity contribution in [1.82, 2.24) is 25.4 Å². The fraction of sp³-hybridized carbons (Fsp3) is 0.588. The molecule has 0 saturated heterocycles. The number of guanidine groups is 1. The number of aryl methyl sites for hydroxylation is 1. The Labute approximate surface area is 147 Å². The lowest BCUT2D eigenvalue weighted by Crippen LogP contribution is -2.43. The first-order valence-electron chi connectivity index (χ1n) is 8.59. The van der Waals surface area contributed by atoms with E-state index in [-0.39, 0.29) is 6.04 Å². The monoisotopic (exact) mass is 346 g/mol. The third kappa shape index (κ3) is 4.14. The molecule has 3 rings (SSSR count). The predicted molar refractivity (Wildman–Crippen MR) is 98.1 cm³/mol. The van der Waals surface area contributed by atoms with Gasteiger partial charge in [-0.2, -0.15) is 0 Å². The summed E-state index contributed by atoms with van der Waals surface area (Å²) in [6.45, 7) is 4.65. The molecular formula is C17H26N6S. The van der Waals surface area contributed by atoms with Crippen molar-refractivity contribution in [2.75, 3.05) is 0 Å². The minimum absolute atomic E-state index is 0.235. The van der Waals surface area contributed by atoms with E-state index < -0.39 is 0 Å². The van der Waals surface area contributed by atoms with Crippen LogP contribution in [-0.4, -0.2) is 26.8 Å². The number of nitrogens with one attached hydrogen (secondary N) is 2. The van der Waals surface area contributed by atoms with Gasteiger partial charge in [0, 0.05) is 18.0 Å². The third-order valence-corrected chi connectivity index (χ3v) is 5.64. The lowest BCUT2D eigenvalue weighted by molar-refractivity contribution is 0.594. The van der Waals surface area contributed by atoms with E-state index in [9.17, 15) is 0 Å². The van der Waals surface area contributed by atoms with E-state index in [1.54, 1.807) is 11.3 Å². The van der Waals surface area contributed by atoms with Gasteiger partial charge in [-0.3, -0.25) is 0 Å². The second kappa shape index (κ2) is 7.79. The van der Waals surface area contributed by atoms with E-state index in [2.05, 4.69) is 45.3 Å². The zero-order chi connectivity index (χ0) is 16.9. The summed E-state index contributed by atoms with van der Waals surface area (Å²) in [6.07, 6.45) is 5.04. The first kappa shape index (κ1) is 17.0. The molecule has 1 saturated carbocycles. The molecule has 1 aliphatic carbocycles. The Morgan fingerprint density at radius 2 is 2.21 bits per heavy atom. The molecule has 0 amide bonds. The van der Waals surface area contributed by atoms with Gasteiger partial charge in [-0.25, -0.2) is 4.99 Å². The molecule has 2 N–H and O–H groups in total. The van der Waals surface area contributed by atoms with Gasteiger partial charge in [-0.15, -0.1) is 21.5 Å². The molecule has 6 nitrogen and oxygen atoms in total. The molecule has 7 heteroatoms. The average molecular weight is 347 g/mol. The minimum Gasteiger partial charge on any atom is -0.354 e. The van der Waals surface area contributed by atoms with E-state index in [0.717, 1.165) is 17.6 Å². The molecule has 1 atom stereocenters. The quantitative estimate of drug-likeness (QED) is 0.645. The molecule has 0 aliphatic heterocycles. The Kier molecular flexibility index (Phi) is 5.50. The zero-order valence-corrected chi connectivity index (χ0v) is 15.4. The average Bonchev–Trinajstić information content (AvgIpc) is 3.31. The van der Waals surface area contributed by atoms with Crippen molar-refractivity contribution in [3.8, 4) is 0 Å². The first-order chi connectivity index (χ1) is 11.6. The molecule has 24 heavy (non-hydrogen) atoms. The maximum atomic E-state index is 4.76. The summed E-state index contributed by atoms with van der Waals surface area (Å²) < 4.78 is 1.99. The second-order valence-electron chi connectivity index (χ2n) is 6.39. The van der Waals surface area contributed by atoms with Gasteiger partial charge < -0.3 is 15.2 Å². The van der Waals surface area contributed by atoms with Crippen LogP contribution in [0.15, 0.2) is 22.5 Å². The largest absolute Gasteiger partial charge is 0.354 e. The van der Waals surface area contributed by atoms with Crippen molar-refractivity contribution in [3.63, 3.8) is 0 Å². The Bertz CT molecular complexity index is 669. The molecule has 130 valence electrons. The highest BCUT2D eigenvalue weighted by molar-refractivity contribution is 7.10. The second-order valence-corrected chi connectivity index (χ2v) is 7.37. The Morgan fingerprint density at radius 1 is 1.42 bits per heavy atom. The van der Waals surface area contributed by atoms with Gasteiger partial charge >= 0.3 is 0 Å². The number of thiophene rings is 1. The Morgan fingerprint density at radius 3 is 2.83 bits per heavy atom. The van der Waals surface area contributed by atoms with Gasteiger partial charge in [-0.05, 0) is 38.1 Å². The van der Waals surface area contributed by atoms with Crippen LogP contribution in [0.5, 0.6) is 0 Å². The smallest absolute Gasteiger partial charge is 0.192 e. The van der Waals surface area contributed by atoms with Gasteiger partial charge in [0.2, 0.25) is 0 Å². The van der Waals surface area contributed by atoms with Crippen LogP contribution in [0.2, 0.25) is 0 Å². The lowest BCUT2D eigenvalue weighted by atomic mass is 10.2. The maximum Gasteiger partial charge on any atom is 0.192 e. The number of aliphatic imine (C=N–C) groups is 1. The van der Waals surface area contributed by atoms with E-state index in [1.807, 2.05) is 18.5 Å². The van der Waals surface area contributed by atoms with Gasteiger partial charge in [0.25, 0.3) is 0 Å². The lowest BCUT2D eigenvalue weighted by Gasteiger charge is -2.20. The van der Waals surface area contributed by atoms with Crippen LogP contribution < -0.4 is 10.6 Å². The van der Waals surface area contributed by atoms with Crippen molar-refractivity contribution in [3.05, 3.63) is 34.0 Å². The predicted octanol–water partition coefficient (Wildman–Crippen LogP) is 2.92. The summed E-state index contributed by atoms with van der Waals surface area (Å²) in [4.78, 5) is 6.07. The van der Waals surface area contributed by atoms with E-state index in [4.69, 9.17) is 4.99 Å². The van der Waals surface area contributed by atoms with Crippen LogP contribution in [0.3, 0.4) is 0 Å². The first-order valence-corrected chi connectivity index (χ1v) is 9.47. The molecular weight excluding hydrogens is 320 g/mol. The summed E-state index contributed by atoms with van der Waals surface area (Å²) in [5, 5.41) is 17.5. The molecule has 0 spiro atoms. The Balaban J connectivity index is 1.70. The highest BCUT2D eigenvalue weighted by Crippen LogP contribution is 2.20. The molecule has 1 fully saturated rings. The standard InChI is InChI=1S/C17H26N6S/c1-12(15-9-6-10-24-15)19-17(20-14-7-4-5-8-14)18-11-16-22-21-13(2)23(16)3/h6,9-10,12,14H,4-5,7-8,11H2,1-3H3,(H2,18,19,20). The van der Waals surface area contributed by atoms with Gasteiger partial charge in [0.15, 0.2) is 11.8 Å². The fourth-order valence-corrected chi connectivity index (χ4v) is 3.68. The van der Waals surface area contributed by atoms with Gasteiger partial charge in [-0.1, -0.05) is 18.9 Å². The summed E-state index contributed by atoms with van der Waals surface area (Å²) in [7, 11) is 1.98. The summed E-state index contributed by atoms with van der Waals surface area (Å²) in [5.41, 5.74) is 0. The summed E-state index contributed by atoms with van der Waals surface area (Å²) >= 11 is 1.76. The van der Waals surface area contributed by atoms with E-state index in [1.165, 1.54) is 30.6 Å². The van der Waals surface area contributed by atoms with Gasteiger partial charge in [0.05, 0.1) is 6.04 Å². The summed E-state index contributed by atoms with van der Waals surface area (Å²) in [5.74, 6) is 2.65. The topological polar surface area (TPSA) is 67.1 Å². The molecule has 0 radical (unpaired) electrons. The van der Waals surface area contributed by atoms with Crippen molar-refractivity contribution in [1.29, 1.82) is 0 Å². The number of nitrogens with zero attached hydrogens (tertiary/aromatic N) is 4. The molecule has 0 bridgehead atoms. The van der Waals surface area contributed by atoms with Crippen LogP contribution >= 0.6 is 11.3 Å². The number of hydrogen-bond acceptors (Lipinski definition) is 4. The normalized spacial score (nSPS) is 17.2. The molecule has 2 heterocycles. The van der Waals surface area contributed by atoms with Crippen molar-refractivity contribution in [2.45, 2.75) is 58.2 Å². The number of hydrogen-bond donors (Lipinski definition) is 2. The van der Waals surface area contributed by atoms with Gasteiger partial charge in [0.1, 0.15) is 12.4 Å². The molecule has 1 unspecified atom stereocenters.